The second-order valence-corrected chi connectivity index (χ2v) is 5.43. The Morgan fingerprint density at radius 3 is 2.80 bits per heavy atom. The summed E-state index contributed by atoms with van der Waals surface area (Å²) in [6.07, 6.45) is 4.39. The van der Waals surface area contributed by atoms with Crippen LogP contribution < -0.4 is 0 Å². The molecule has 0 radical (unpaired) electrons. The lowest BCUT2D eigenvalue weighted by Crippen LogP contribution is -2.31. The highest BCUT2D eigenvalue weighted by atomic mass is 16.2. The maximum absolute atomic E-state index is 12.4. The Morgan fingerprint density at radius 2 is 2.20 bits per heavy atom. The van der Waals surface area contributed by atoms with Crippen LogP contribution in [0.3, 0.4) is 0 Å². The van der Waals surface area contributed by atoms with E-state index in [0.717, 1.165) is 24.4 Å². The smallest absolute Gasteiger partial charge is 0.289 e. The highest BCUT2D eigenvalue weighted by Gasteiger charge is 2.30. The third-order valence-corrected chi connectivity index (χ3v) is 3.85. The summed E-state index contributed by atoms with van der Waals surface area (Å²) in [5, 5.41) is 4.52. The van der Waals surface area contributed by atoms with Crippen LogP contribution in [0.15, 0.2) is 18.5 Å². The molecule has 1 saturated heterocycles. The first-order valence-corrected chi connectivity index (χ1v) is 6.85. The van der Waals surface area contributed by atoms with E-state index in [1.165, 1.54) is 0 Å². The fourth-order valence-electron chi connectivity index (χ4n) is 2.85. The second-order valence-electron chi connectivity index (χ2n) is 5.43. The average Bonchev–Trinajstić information content (AvgIpc) is 3.08. The second kappa shape index (κ2) is 4.77. The Balaban J connectivity index is 1.76. The van der Waals surface area contributed by atoms with Gasteiger partial charge in [-0.05, 0) is 26.3 Å². The summed E-state index contributed by atoms with van der Waals surface area (Å²) in [6, 6.07) is 2.34. The van der Waals surface area contributed by atoms with Crippen molar-refractivity contribution in [2.45, 2.75) is 26.3 Å². The zero-order chi connectivity index (χ0) is 14.3. The van der Waals surface area contributed by atoms with E-state index in [4.69, 9.17) is 0 Å². The summed E-state index contributed by atoms with van der Waals surface area (Å²) in [7, 11) is 1.84. The van der Waals surface area contributed by atoms with E-state index in [1.807, 2.05) is 23.6 Å². The molecule has 1 fully saturated rings. The third kappa shape index (κ3) is 2.11. The summed E-state index contributed by atoms with van der Waals surface area (Å²) < 4.78 is 3.81. The van der Waals surface area contributed by atoms with E-state index < -0.39 is 0 Å². The molecule has 106 valence electrons. The van der Waals surface area contributed by atoms with Gasteiger partial charge in [0.05, 0.1) is 11.7 Å². The molecule has 0 spiro atoms. The van der Waals surface area contributed by atoms with Crippen LogP contribution in [0.1, 0.15) is 34.5 Å². The van der Waals surface area contributed by atoms with Gasteiger partial charge >= 0.3 is 0 Å². The van der Waals surface area contributed by atoms with Crippen LogP contribution in [0.25, 0.3) is 0 Å². The molecule has 0 aromatic carbocycles. The van der Waals surface area contributed by atoms with Crippen LogP contribution in [-0.4, -0.2) is 43.2 Å². The molecule has 1 unspecified atom stereocenters. The molecule has 3 rings (SSSR count). The van der Waals surface area contributed by atoms with Gasteiger partial charge < -0.3 is 9.47 Å². The number of aromatic nitrogens is 4. The molecule has 3 heterocycles. The van der Waals surface area contributed by atoms with Gasteiger partial charge in [-0.2, -0.15) is 5.10 Å². The largest absolute Gasteiger partial charge is 0.334 e. The molecule has 2 aromatic heterocycles. The van der Waals surface area contributed by atoms with Gasteiger partial charge in [0.1, 0.15) is 0 Å². The molecule has 20 heavy (non-hydrogen) atoms. The number of nitrogens with zero attached hydrogens (tertiary/aromatic N) is 5. The number of amides is 1. The van der Waals surface area contributed by atoms with Crippen molar-refractivity contribution in [2.75, 3.05) is 13.1 Å². The predicted octanol–water partition coefficient (Wildman–Crippen LogP) is 1.32. The maximum atomic E-state index is 12.4. The van der Waals surface area contributed by atoms with Gasteiger partial charge in [0, 0.05) is 38.2 Å². The van der Waals surface area contributed by atoms with Crippen molar-refractivity contribution < 1.29 is 4.79 Å². The summed E-state index contributed by atoms with van der Waals surface area (Å²) >= 11 is 0. The first-order valence-electron chi connectivity index (χ1n) is 6.85. The van der Waals surface area contributed by atoms with Gasteiger partial charge in [0.15, 0.2) is 5.82 Å². The summed E-state index contributed by atoms with van der Waals surface area (Å²) in [5.74, 6) is 0.501. The van der Waals surface area contributed by atoms with Gasteiger partial charge in [0.25, 0.3) is 5.91 Å². The highest BCUT2D eigenvalue weighted by Crippen LogP contribution is 2.24. The summed E-state index contributed by atoms with van der Waals surface area (Å²) in [4.78, 5) is 18.4. The maximum Gasteiger partial charge on any atom is 0.289 e. The van der Waals surface area contributed by atoms with Crippen molar-refractivity contribution in [3.8, 4) is 0 Å². The van der Waals surface area contributed by atoms with Crippen LogP contribution in [0.4, 0.5) is 0 Å². The van der Waals surface area contributed by atoms with Crippen LogP contribution in [0, 0.1) is 13.8 Å². The topological polar surface area (TPSA) is 56.0 Å². The van der Waals surface area contributed by atoms with Gasteiger partial charge in [-0.1, -0.05) is 0 Å². The molecule has 1 amide bonds. The van der Waals surface area contributed by atoms with Crippen LogP contribution >= 0.6 is 0 Å². The Hall–Kier alpha value is -2.11. The molecular formula is C14H19N5O. The molecule has 6 heteroatoms. The van der Waals surface area contributed by atoms with Gasteiger partial charge in [-0.15, -0.1) is 0 Å². The number of carbonyl (C=O) groups is 1. The first kappa shape index (κ1) is 12.9. The van der Waals surface area contributed by atoms with Gasteiger partial charge in [-0.25, -0.2) is 4.98 Å². The quantitative estimate of drug-likeness (QED) is 0.829. The van der Waals surface area contributed by atoms with E-state index in [1.54, 1.807) is 17.0 Å². The number of carbonyl (C=O) groups excluding carboxylic acids is 1. The summed E-state index contributed by atoms with van der Waals surface area (Å²) in [6.45, 7) is 5.51. The van der Waals surface area contributed by atoms with E-state index in [0.29, 0.717) is 12.4 Å². The van der Waals surface area contributed by atoms with E-state index in [-0.39, 0.29) is 11.9 Å². The van der Waals surface area contributed by atoms with Crippen molar-refractivity contribution in [2.24, 2.45) is 7.05 Å². The molecule has 0 N–H and O–H groups in total. The Morgan fingerprint density at radius 1 is 1.40 bits per heavy atom. The number of hydrogen-bond acceptors (Lipinski definition) is 3. The minimum absolute atomic E-state index is 0.00142. The number of likely N-dealkylation sites (tertiary alicyclic amines) is 1. The number of aryl methyl sites for hydroxylation is 3. The normalized spacial score (nSPS) is 18.8. The fraction of sp³-hybridized carbons (Fsp3) is 0.500. The van der Waals surface area contributed by atoms with Crippen LogP contribution in [0.5, 0.6) is 0 Å². The molecule has 1 atom stereocenters. The number of imidazole rings is 1. The standard InChI is InChI=1S/C14H19N5O/c1-10-8-11(2)19(16-10)12-4-6-18(9-12)14(20)13-15-5-7-17(13)3/h5,7-8,12H,4,6,9H2,1-3H3. The SMILES string of the molecule is Cc1cc(C)n(C2CCN(C(=O)c3nccn3C)C2)n1. The average molecular weight is 273 g/mol. The molecule has 6 nitrogen and oxygen atoms in total. The Kier molecular flexibility index (Phi) is 3.08. The monoisotopic (exact) mass is 273 g/mol. The predicted molar refractivity (Wildman–Crippen MR) is 74.5 cm³/mol. The first-order chi connectivity index (χ1) is 9.56. The third-order valence-electron chi connectivity index (χ3n) is 3.85. The van der Waals surface area contributed by atoms with Crippen molar-refractivity contribution >= 4 is 5.91 Å². The summed E-state index contributed by atoms with van der Waals surface area (Å²) in [5.41, 5.74) is 2.18. The van der Waals surface area contributed by atoms with E-state index >= 15 is 0 Å². The number of hydrogen-bond donors (Lipinski definition) is 0. The van der Waals surface area contributed by atoms with Crippen LogP contribution in [-0.2, 0) is 7.05 Å². The van der Waals surface area contributed by atoms with Gasteiger partial charge in [0.2, 0.25) is 0 Å². The molecule has 0 aliphatic carbocycles. The molecule has 1 aliphatic heterocycles. The molecular weight excluding hydrogens is 254 g/mol. The molecule has 2 aromatic rings. The van der Waals surface area contributed by atoms with Crippen molar-refractivity contribution in [3.63, 3.8) is 0 Å². The Labute approximate surface area is 118 Å². The lowest BCUT2D eigenvalue weighted by molar-refractivity contribution is 0.0771. The molecule has 0 bridgehead atoms. The van der Waals surface area contributed by atoms with Crippen molar-refractivity contribution in [1.82, 2.24) is 24.2 Å². The highest BCUT2D eigenvalue weighted by molar-refractivity contribution is 5.91. The van der Waals surface area contributed by atoms with Crippen LogP contribution in [0.2, 0.25) is 0 Å². The molecule has 1 aliphatic rings. The minimum Gasteiger partial charge on any atom is -0.334 e. The van der Waals surface area contributed by atoms with Crippen molar-refractivity contribution in [1.29, 1.82) is 0 Å². The zero-order valence-electron chi connectivity index (χ0n) is 12.1. The van der Waals surface area contributed by atoms with Gasteiger partial charge in [-0.3, -0.25) is 9.48 Å². The lowest BCUT2D eigenvalue weighted by Gasteiger charge is -2.17. The minimum atomic E-state index is 0.00142. The fourth-order valence-corrected chi connectivity index (χ4v) is 2.85. The zero-order valence-corrected chi connectivity index (χ0v) is 12.1. The lowest BCUT2D eigenvalue weighted by atomic mass is 10.2. The van der Waals surface area contributed by atoms with E-state index in [9.17, 15) is 4.79 Å². The van der Waals surface area contributed by atoms with E-state index in [2.05, 4.69) is 23.1 Å². The van der Waals surface area contributed by atoms with Crippen molar-refractivity contribution in [3.05, 3.63) is 35.7 Å². The Bertz CT molecular complexity index is 642. The number of rotatable bonds is 2. The molecule has 0 saturated carbocycles.